The Balaban J connectivity index is 0.000000159. The molecule has 2 aliphatic rings. The van der Waals surface area contributed by atoms with Gasteiger partial charge in [0.15, 0.2) is 5.78 Å². The highest BCUT2D eigenvalue weighted by Crippen LogP contribution is 2.29. The fourth-order valence-electron chi connectivity index (χ4n) is 1.34. The Hall–Kier alpha value is -1.41. The van der Waals surface area contributed by atoms with Crippen LogP contribution in [0.5, 0.6) is 0 Å². The molecule has 1 aromatic rings. The fraction of sp³-hybridized carbons (Fsp3) is 0.0714. The van der Waals surface area contributed by atoms with E-state index in [1.807, 2.05) is 30.3 Å². The second-order valence-corrected chi connectivity index (χ2v) is 3.50. The molecule has 0 N–H and O–H groups in total. The van der Waals surface area contributed by atoms with Gasteiger partial charge in [-0.2, -0.15) is 0 Å². The van der Waals surface area contributed by atoms with Gasteiger partial charge in [-0.15, -0.1) is 17.0 Å². The molecule has 0 fully saturated rings. The normalized spacial score (nSPS) is 9.31. The molecule has 82 valence electrons. The van der Waals surface area contributed by atoms with Crippen LogP contribution in [-0.4, -0.2) is 5.78 Å². The molecule has 1 aromatic carbocycles. The van der Waals surface area contributed by atoms with E-state index in [0.29, 0.717) is 0 Å². The lowest BCUT2D eigenvalue weighted by atomic mass is 9.95. The van der Waals surface area contributed by atoms with Crippen LogP contribution in [-0.2, 0) is 0 Å². The van der Waals surface area contributed by atoms with Crippen LogP contribution in [0.15, 0.2) is 54.6 Å². The van der Waals surface area contributed by atoms with E-state index in [0.717, 1.165) is 5.56 Å². The minimum atomic E-state index is 0. The van der Waals surface area contributed by atoms with Crippen molar-refractivity contribution in [3.63, 3.8) is 0 Å². The summed E-state index contributed by atoms with van der Waals surface area (Å²) in [5.41, 5.74) is 3.63. The molecule has 2 aliphatic carbocycles. The van der Waals surface area contributed by atoms with Gasteiger partial charge in [-0.25, -0.2) is 0 Å². The third-order valence-electron chi connectivity index (χ3n) is 2.40. The van der Waals surface area contributed by atoms with Crippen molar-refractivity contribution in [3.8, 4) is 11.1 Å². The maximum absolute atomic E-state index is 10.6. The number of hydrogen-bond donors (Lipinski definition) is 0. The Kier molecular flexibility index (Phi) is 4.44. The molecule has 0 aromatic heterocycles. The van der Waals surface area contributed by atoms with Gasteiger partial charge in [-0.3, -0.25) is 4.79 Å². The number of halogens is 1. The maximum atomic E-state index is 10.6. The smallest absolute Gasteiger partial charge is 0.159 e. The molecule has 0 amide bonds. The third kappa shape index (κ3) is 2.80. The largest absolute Gasteiger partial charge is 0.295 e. The minimum Gasteiger partial charge on any atom is -0.295 e. The maximum Gasteiger partial charge on any atom is 0.159 e. The summed E-state index contributed by atoms with van der Waals surface area (Å²) in [6.07, 6.45) is 0. The molecule has 0 aliphatic heterocycles. The summed E-state index contributed by atoms with van der Waals surface area (Å²) in [5.74, 6) is 0.121. The van der Waals surface area contributed by atoms with E-state index in [1.165, 1.54) is 11.1 Å². The quantitative estimate of drug-likeness (QED) is 0.611. The summed E-state index contributed by atoms with van der Waals surface area (Å²) in [6, 6.07) is 17.7. The summed E-state index contributed by atoms with van der Waals surface area (Å²) in [5, 5.41) is 0. The first-order valence-corrected chi connectivity index (χ1v) is 4.94. The van der Waals surface area contributed by atoms with Gasteiger partial charge in [0, 0.05) is 5.56 Å². The Morgan fingerprint density at radius 2 is 1.25 bits per heavy atom. The number of carbonyl (C=O) groups excluding carboxylic acids is 1. The molecule has 2 heteroatoms. The van der Waals surface area contributed by atoms with Gasteiger partial charge in [0.25, 0.3) is 0 Å². The number of hydrogen-bond acceptors (Lipinski definition) is 1. The Bertz CT molecular complexity index is 439. The predicted octanol–water partition coefficient (Wildman–Crippen LogP) is 4.13. The Morgan fingerprint density at radius 3 is 1.44 bits per heavy atom. The first-order chi connectivity index (χ1) is 7.27. The van der Waals surface area contributed by atoms with Crippen molar-refractivity contribution in [1.29, 1.82) is 0 Å². The lowest BCUT2D eigenvalue weighted by Crippen LogP contribution is -1.88. The highest BCUT2D eigenvalue weighted by molar-refractivity contribution is 8.93. The zero-order chi connectivity index (χ0) is 10.7. The van der Waals surface area contributed by atoms with Crippen LogP contribution in [0.1, 0.15) is 17.3 Å². The summed E-state index contributed by atoms with van der Waals surface area (Å²) in [6.45, 7) is 1.56. The van der Waals surface area contributed by atoms with Gasteiger partial charge >= 0.3 is 0 Å². The summed E-state index contributed by atoms with van der Waals surface area (Å²) >= 11 is 0. The van der Waals surface area contributed by atoms with Crippen molar-refractivity contribution in [3.05, 3.63) is 60.2 Å². The van der Waals surface area contributed by atoms with E-state index in [1.54, 1.807) is 6.92 Å². The van der Waals surface area contributed by atoms with E-state index in [-0.39, 0.29) is 22.8 Å². The third-order valence-corrected chi connectivity index (χ3v) is 2.40. The van der Waals surface area contributed by atoms with Crippen LogP contribution < -0.4 is 0 Å². The first-order valence-electron chi connectivity index (χ1n) is 4.94. The van der Waals surface area contributed by atoms with Gasteiger partial charge in [0.05, 0.1) is 0 Å². The Morgan fingerprint density at radius 1 is 0.812 bits per heavy atom. The van der Waals surface area contributed by atoms with Crippen LogP contribution in [0.4, 0.5) is 0 Å². The SMILES string of the molecule is Br.CC(=O)c1ccccc1.c1cc2ccc1-2. The molecule has 0 atom stereocenters. The van der Waals surface area contributed by atoms with Gasteiger partial charge in [0.2, 0.25) is 0 Å². The summed E-state index contributed by atoms with van der Waals surface area (Å²) in [4.78, 5) is 10.6. The van der Waals surface area contributed by atoms with Gasteiger partial charge < -0.3 is 0 Å². The number of rotatable bonds is 1. The van der Waals surface area contributed by atoms with Crippen LogP contribution >= 0.6 is 17.0 Å². The van der Waals surface area contributed by atoms with Gasteiger partial charge in [0.1, 0.15) is 0 Å². The van der Waals surface area contributed by atoms with Crippen molar-refractivity contribution in [2.45, 2.75) is 6.92 Å². The molecule has 0 heterocycles. The Labute approximate surface area is 106 Å². The molecular formula is C14H13BrO. The molecule has 0 spiro atoms. The lowest BCUT2D eigenvalue weighted by molar-refractivity contribution is 0.101. The van der Waals surface area contributed by atoms with Gasteiger partial charge in [-0.1, -0.05) is 54.6 Å². The predicted molar refractivity (Wildman–Crippen MR) is 72.2 cm³/mol. The molecule has 0 bridgehead atoms. The second kappa shape index (κ2) is 5.61. The van der Waals surface area contributed by atoms with Crippen molar-refractivity contribution < 1.29 is 4.79 Å². The minimum absolute atomic E-state index is 0. The van der Waals surface area contributed by atoms with E-state index in [9.17, 15) is 4.79 Å². The van der Waals surface area contributed by atoms with E-state index < -0.39 is 0 Å². The van der Waals surface area contributed by atoms with E-state index >= 15 is 0 Å². The van der Waals surface area contributed by atoms with Crippen molar-refractivity contribution >= 4 is 22.8 Å². The lowest BCUT2D eigenvalue weighted by Gasteiger charge is -2.10. The second-order valence-electron chi connectivity index (χ2n) is 3.50. The highest BCUT2D eigenvalue weighted by atomic mass is 79.9. The van der Waals surface area contributed by atoms with Crippen molar-refractivity contribution in [2.75, 3.05) is 0 Å². The van der Waals surface area contributed by atoms with Crippen LogP contribution in [0.25, 0.3) is 11.1 Å². The summed E-state index contributed by atoms with van der Waals surface area (Å²) < 4.78 is 0. The molecule has 1 nitrogen and oxygen atoms in total. The summed E-state index contributed by atoms with van der Waals surface area (Å²) in [7, 11) is 0. The van der Waals surface area contributed by atoms with E-state index in [2.05, 4.69) is 24.3 Å². The molecular weight excluding hydrogens is 264 g/mol. The molecule has 0 radical (unpaired) electrons. The van der Waals surface area contributed by atoms with Crippen LogP contribution in [0.3, 0.4) is 0 Å². The zero-order valence-electron chi connectivity index (χ0n) is 9.01. The van der Waals surface area contributed by atoms with E-state index in [4.69, 9.17) is 0 Å². The molecule has 0 saturated heterocycles. The number of carbonyl (C=O) groups is 1. The first kappa shape index (κ1) is 12.7. The molecule has 16 heavy (non-hydrogen) atoms. The zero-order valence-corrected chi connectivity index (χ0v) is 10.7. The average Bonchev–Trinajstić information content (AvgIpc) is 2.25. The van der Waals surface area contributed by atoms with Crippen molar-refractivity contribution in [1.82, 2.24) is 0 Å². The van der Waals surface area contributed by atoms with Crippen molar-refractivity contribution in [2.24, 2.45) is 0 Å². The van der Waals surface area contributed by atoms with Crippen LogP contribution in [0, 0.1) is 0 Å². The standard InChI is InChI=1S/C8H8O.C6H4.BrH/c1-7(9)8-5-3-2-4-6-8;1-2-6-4-3-5(1)6;/h2-6H,1H3;1-4H;1H. The van der Waals surface area contributed by atoms with Gasteiger partial charge in [-0.05, 0) is 18.1 Å². The van der Waals surface area contributed by atoms with Crippen LogP contribution in [0.2, 0.25) is 0 Å². The number of benzene rings is 2. The fourth-order valence-corrected chi connectivity index (χ4v) is 1.34. The topological polar surface area (TPSA) is 17.1 Å². The highest BCUT2D eigenvalue weighted by Gasteiger charge is 2.03. The molecule has 3 rings (SSSR count). The number of fused-ring (bicyclic) bond motifs is 1. The number of ketones is 1. The average molecular weight is 277 g/mol. The molecule has 0 unspecified atom stereocenters. The molecule has 0 saturated carbocycles. The number of Topliss-reactive ketones (excluding diaryl/α,β-unsaturated/α-hetero) is 1. The monoisotopic (exact) mass is 276 g/mol.